The van der Waals surface area contributed by atoms with Gasteiger partial charge in [0, 0.05) is 20.0 Å². The van der Waals surface area contributed by atoms with E-state index >= 15 is 0 Å². The Hall–Kier alpha value is -1.88. The summed E-state index contributed by atoms with van der Waals surface area (Å²) in [6.45, 7) is 2.04. The highest BCUT2D eigenvalue weighted by Gasteiger charge is 2.34. The summed E-state index contributed by atoms with van der Waals surface area (Å²) >= 11 is 0. The van der Waals surface area contributed by atoms with Gasteiger partial charge in [-0.05, 0) is 31.4 Å². The monoisotopic (exact) mass is 290 g/mol. The maximum Gasteiger partial charge on any atom is 0.253 e. The normalized spacial score (nSPS) is 16.0. The van der Waals surface area contributed by atoms with Gasteiger partial charge in [0.05, 0.1) is 16.9 Å². The number of benzene rings is 1. The molecule has 1 aromatic rings. The predicted molar refractivity (Wildman–Crippen MR) is 81.3 cm³/mol. The highest BCUT2D eigenvalue weighted by Crippen LogP contribution is 2.30. The van der Waals surface area contributed by atoms with E-state index in [0.29, 0.717) is 17.7 Å². The predicted octanol–water partition coefficient (Wildman–Crippen LogP) is 1.70. The minimum Gasteiger partial charge on any atom is -0.388 e. The van der Waals surface area contributed by atoms with Gasteiger partial charge in [0.15, 0.2) is 0 Å². The van der Waals surface area contributed by atoms with Crippen molar-refractivity contribution in [1.29, 1.82) is 0 Å². The smallest absolute Gasteiger partial charge is 0.253 e. The molecule has 1 aliphatic carbocycles. The van der Waals surface area contributed by atoms with Gasteiger partial charge in [0.1, 0.15) is 0 Å². The Morgan fingerprint density at radius 2 is 2.00 bits per heavy atom. The molecule has 0 aliphatic heterocycles. The number of aliphatic hydroxyl groups is 1. The maximum atomic E-state index is 12.3. The summed E-state index contributed by atoms with van der Waals surface area (Å²) in [5, 5.41) is 12.8. The van der Waals surface area contributed by atoms with Crippen LogP contribution in [0.4, 0.5) is 5.69 Å². The number of rotatable bonds is 5. The number of nitrogens with one attached hydrogen (secondary N) is 1. The summed E-state index contributed by atoms with van der Waals surface area (Å²) in [5.74, 6) is -0.311. The Morgan fingerprint density at radius 3 is 2.57 bits per heavy atom. The van der Waals surface area contributed by atoms with E-state index in [0.717, 1.165) is 19.3 Å². The molecule has 0 spiro atoms. The van der Waals surface area contributed by atoms with Crippen molar-refractivity contribution >= 4 is 17.5 Å². The van der Waals surface area contributed by atoms with E-state index in [1.807, 2.05) is 0 Å². The van der Waals surface area contributed by atoms with Crippen LogP contribution in [0.15, 0.2) is 24.3 Å². The molecule has 0 aromatic heterocycles. The number of para-hydroxylation sites is 1. The van der Waals surface area contributed by atoms with Crippen molar-refractivity contribution in [1.82, 2.24) is 5.32 Å². The average molecular weight is 290 g/mol. The van der Waals surface area contributed by atoms with Crippen LogP contribution in [0.3, 0.4) is 0 Å². The van der Waals surface area contributed by atoms with Crippen LogP contribution in [0.2, 0.25) is 0 Å². The first kappa shape index (κ1) is 15.5. The van der Waals surface area contributed by atoms with Gasteiger partial charge in [-0.3, -0.25) is 9.59 Å². The molecule has 0 unspecified atom stereocenters. The van der Waals surface area contributed by atoms with Gasteiger partial charge in [0.2, 0.25) is 5.91 Å². The zero-order valence-corrected chi connectivity index (χ0v) is 12.6. The summed E-state index contributed by atoms with van der Waals surface area (Å²) in [4.78, 5) is 25.6. The van der Waals surface area contributed by atoms with Crippen LogP contribution < -0.4 is 10.2 Å². The van der Waals surface area contributed by atoms with Crippen molar-refractivity contribution in [3.8, 4) is 0 Å². The topological polar surface area (TPSA) is 69.6 Å². The zero-order valence-electron chi connectivity index (χ0n) is 12.6. The van der Waals surface area contributed by atoms with E-state index in [1.54, 1.807) is 38.2 Å². The third-order valence-corrected chi connectivity index (χ3v) is 4.05. The van der Waals surface area contributed by atoms with Crippen LogP contribution in [0.1, 0.15) is 43.0 Å². The van der Waals surface area contributed by atoms with E-state index < -0.39 is 5.60 Å². The van der Waals surface area contributed by atoms with Gasteiger partial charge in [-0.15, -0.1) is 0 Å². The number of hydrogen-bond donors (Lipinski definition) is 2. The highest BCUT2D eigenvalue weighted by molar-refractivity contribution is 6.04. The van der Waals surface area contributed by atoms with Gasteiger partial charge in [-0.2, -0.15) is 0 Å². The Morgan fingerprint density at radius 1 is 1.33 bits per heavy atom. The number of carbonyl (C=O) groups is 2. The summed E-state index contributed by atoms with van der Waals surface area (Å²) in [6.07, 6.45) is 2.83. The molecule has 2 N–H and O–H groups in total. The summed E-state index contributed by atoms with van der Waals surface area (Å²) < 4.78 is 0. The summed E-state index contributed by atoms with van der Waals surface area (Å²) in [6, 6.07) is 7.00. The Labute approximate surface area is 125 Å². The molecule has 5 nitrogen and oxygen atoms in total. The average Bonchev–Trinajstić information content (AvgIpc) is 2.49. The summed E-state index contributed by atoms with van der Waals surface area (Å²) in [5.41, 5.74) is 0.280. The van der Waals surface area contributed by atoms with Crippen LogP contribution in [0.5, 0.6) is 0 Å². The highest BCUT2D eigenvalue weighted by atomic mass is 16.3. The lowest BCUT2D eigenvalue weighted by Gasteiger charge is -2.36. The lowest BCUT2D eigenvalue weighted by molar-refractivity contribution is -0.118. The molecular weight excluding hydrogens is 268 g/mol. The second-order valence-electron chi connectivity index (χ2n) is 5.58. The third-order valence-electron chi connectivity index (χ3n) is 4.05. The molecule has 21 heavy (non-hydrogen) atoms. The second kappa shape index (κ2) is 6.26. The third kappa shape index (κ3) is 3.42. The fourth-order valence-corrected chi connectivity index (χ4v) is 2.43. The van der Waals surface area contributed by atoms with Crippen LogP contribution in [0.25, 0.3) is 0 Å². The van der Waals surface area contributed by atoms with E-state index in [4.69, 9.17) is 0 Å². The molecule has 1 aromatic carbocycles. The fraction of sp³-hybridized carbons (Fsp3) is 0.500. The number of nitrogens with zero attached hydrogens (tertiary/aromatic N) is 1. The zero-order chi connectivity index (χ0) is 15.5. The minimum atomic E-state index is -0.754. The Balaban J connectivity index is 2.11. The van der Waals surface area contributed by atoms with E-state index in [2.05, 4.69) is 5.32 Å². The molecule has 2 amide bonds. The number of carbonyl (C=O) groups excluding carboxylic acids is 2. The molecule has 5 heteroatoms. The number of hydrogen-bond acceptors (Lipinski definition) is 3. The van der Waals surface area contributed by atoms with Crippen molar-refractivity contribution in [2.75, 3.05) is 18.5 Å². The lowest BCUT2D eigenvalue weighted by atomic mass is 9.80. The van der Waals surface area contributed by atoms with E-state index in [1.165, 1.54) is 4.90 Å². The van der Waals surface area contributed by atoms with Crippen LogP contribution in [0, 0.1) is 0 Å². The lowest BCUT2D eigenvalue weighted by Crippen LogP contribution is -2.48. The van der Waals surface area contributed by atoms with Gasteiger partial charge in [-0.25, -0.2) is 0 Å². The Bertz CT molecular complexity index is 538. The van der Waals surface area contributed by atoms with E-state index in [-0.39, 0.29) is 18.4 Å². The first-order valence-electron chi connectivity index (χ1n) is 7.33. The Kier molecular flexibility index (Phi) is 4.63. The van der Waals surface area contributed by atoms with Crippen molar-refractivity contribution in [3.05, 3.63) is 29.8 Å². The fourth-order valence-electron chi connectivity index (χ4n) is 2.43. The molecule has 1 saturated carbocycles. The van der Waals surface area contributed by atoms with Gasteiger partial charge in [-0.1, -0.05) is 19.1 Å². The molecule has 1 aliphatic rings. The van der Waals surface area contributed by atoms with Crippen molar-refractivity contribution in [3.63, 3.8) is 0 Å². The molecule has 114 valence electrons. The molecule has 0 radical (unpaired) electrons. The number of amides is 2. The largest absolute Gasteiger partial charge is 0.388 e. The van der Waals surface area contributed by atoms with Gasteiger partial charge < -0.3 is 15.3 Å². The molecule has 0 heterocycles. The molecule has 1 fully saturated rings. The molecule has 2 rings (SSSR count). The maximum absolute atomic E-state index is 12.3. The molecule has 0 bridgehead atoms. The van der Waals surface area contributed by atoms with Crippen molar-refractivity contribution in [2.24, 2.45) is 0 Å². The van der Waals surface area contributed by atoms with Crippen LogP contribution in [-0.4, -0.2) is 36.1 Å². The van der Waals surface area contributed by atoms with E-state index in [9.17, 15) is 14.7 Å². The first-order chi connectivity index (χ1) is 9.97. The van der Waals surface area contributed by atoms with Crippen molar-refractivity contribution < 1.29 is 14.7 Å². The molecule has 0 atom stereocenters. The first-order valence-corrected chi connectivity index (χ1v) is 7.33. The van der Waals surface area contributed by atoms with Gasteiger partial charge >= 0.3 is 0 Å². The SMILES string of the molecule is CCC(=O)N(C)c1ccccc1C(=O)NCC1(O)CCC1. The summed E-state index contributed by atoms with van der Waals surface area (Å²) in [7, 11) is 1.66. The molecule has 0 saturated heterocycles. The van der Waals surface area contributed by atoms with Crippen molar-refractivity contribution in [2.45, 2.75) is 38.2 Å². The molecular formula is C16H22N2O3. The quantitative estimate of drug-likeness (QED) is 0.867. The van der Waals surface area contributed by atoms with Crippen LogP contribution in [-0.2, 0) is 4.79 Å². The standard InChI is InChI=1S/C16H22N2O3/c1-3-14(19)18(2)13-8-5-4-7-12(13)15(20)17-11-16(21)9-6-10-16/h4-5,7-8,21H,3,6,9-11H2,1-2H3,(H,17,20). The minimum absolute atomic E-state index is 0.0483. The second-order valence-corrected chi connectivity index (χ2v) is 5.58. The van der Waals surface area contributed by atoms with Gasteiger partial charge in [0.25, 0.3) is 5.91 Å². The van der Waals surface area contributed by atoms with Crippen LogP contribution >= 0.6 is 0 Å². The number of anilines is 1.